The second-order valence-corrected chi connectivity index (χ2v) is 6.62. The van der Waals surface area contributed by atoms with Gasteiger partial charge in [-0.3, -0.25) is 0 Å². The van der Waals surface area contributed by atoms with E-state index in [-0.39, 0.29) is 11.5 Å². The normalized spacial score (nSPS) is 26.6. The minimum absolute atomic E-state index is 0.167. The lowest BCUT2D eigenvalue weighted by atomic mass is 9.69. The van der Waals surface area contributed by atoms with E-state index < -0.39 is 0 Å². The molecular weight excluding hydrogens is 248 g/mol. The van der Waals surface area contributed by atoms with Crippen molar-refractivity contribution in [1.29, 1.82) is 0 Å². The number of ether oxygens (including phenoxy) is 1. The van der Waals surface area contributed by atoms with Crippen LogP contribution < -0.4 is 4.74 Å². The summed E-state index contributed by atoms with van der Waals surface area (Å²) >= 11 is 0. The third-order valence-electron chi connectivity index (χ3n) is 4.74. The smallest absolute Gasteiger partial charge is 0.127 e. The molecule has 2 nitrogen and oxygen atoms in total. The molecule has 0 amide bonds. The molecule has 2 heteroatoms. The molecule has 0 saturated carbocycles. The molecule has 1 aliphatic heterocycles. The molecule has 2 aliphatic rings. The molecule has 0 unspecified atom stereocenters. The predicted octanol–water partition coefficient (Wildman–Crippen LogP) is 4.57. The highest BCUT2D eigenvalue weighted by atomic mass is 16.5. The van der Waals surface area contributed by atoms with Crippen LogP contribution in [0, 0.1) is 5.92 Å². The fraction of sp³-hybridized carbons (Fsp3) is 0.556. The lowest BCUT2D eigenvalue weighted by Crippen LogP contribution is -2.44. The lowest BCUT2D eigenvalue weighted by Gasteiger charge is -2.45. The van der Waals surface area contributed by atoms with Crippen LogP contribution in [0.15, 0.2) is 24.3 Å². The number of benzene rings is 1. The highest BCUT2D eigenvalue weighted by Crippen LogP contribution is 2.52. The van der Waals surface area contributed by atoms with Gasteiger partial charge in [0.15, 0.2) is 0 Å². The summed E-state index contributed by atoms with van der Waals surface area (Å²) in [4.78, 5) is 0. The number of phenols is 1. The van der Waals surface area contributed by atoms with E-state index >= 15 is 0 Å². The second-order valence-electron chi connectivity index (χ2n) is 6.62. The van der Waals surface area contributed by atoms with Crippen molar-refractivity contribution in [2.75, 3.05) is 0 Å². The Morgan fingerprint density at radius 2 is 2.15 bits per heavy atom. The van der Waals surface area contributed by atoms with Gasteiger partial charge >= 0.3 is 0 Å². The maximum atomic E-state index is 10.5. The first-order chi connectivity index (χ1) is 9.53. The van der Waals surface area contributed by atoms with Crippen LogP contribution in [0.4, 0.5) is 0 Å². The Balaban J connectivity index is 2.11. The van der Waals surface area contributed by atoms with Crippen LogP contribution in [0.3, 0.4) is 0 Å². The second kappa shape index (κ2) is 4.83. The standard InChI is InChI=1S/C18H24O2/c1-4-7-12-10-15(19)17-13-8-5-6-9-14(13)18(2,3)20-16(17)11-12/h5,8,10-11,13-14,19H,4,6-7,9H2,1-3H3/t13-,14-/m1/s1. The Morgan fingerprint density at radius 3 is 2.90 bits per heavy atom. The number of fused-ring (bicyclic) bond motifs is 3. The molecule has 108 valence electrons. The van der Waals surface area contributed by atoms with Crippen molar-refractivity contribution < 1.29 is 9.84 Å². The average molecular weight is 272 g/mol. The molecule has 1 aromatic rings. The first kappa shape index (κ1) is 13.5. The van der Waals surface area contributed by atoms with Crippen LogP contribution in [-0.4, -0.2) is 10.7 Å². The molecule has 0 aromatic heterocycles. The fourth-order valence-electron chi connectivity index (χ4n) is 3.79. The molecule has 0 bridgehead atoms. The van der Waals surface area contributed by atoms with Crippen LogP contribution in [0.25, 0.3) is 0 Å². The fourth-order valence-corrected chi connectivity index (χ4v) is 3.79. The van der Waals surface area contributed by atoms with E-state index in [1.54, 1.807) is 0 Å². The van der Waals surface area contributed by atoms with E-state index in [2.05, 4.69) is 39.0 Å². The Morgan fingerprint density at radius 1 is 1.35 bits per heavy atom. The minimum Gasteiger partial charge on any atom is -0.507 e. The van der Waals surface area contributed by atoms with Crippen LogP contribution in [0.2, 0.25) is 0 Å². The highest BCUT2D eigenvalue weighted by molar-refractivity contribution is 5.53. The van der Waals surface area contributed by atoms with Crippen LogP contribution >= 0.6 is 0 Å². The van der Waals surface area contributed by atoms with E-state index in [9.17, 15) is 5.11 Å². The number of hydrogen-bond donors (Lipinski definition) is 1. The van der Waals surface area contributed by atoms with Crippen molar-refractivity contribution in [3.8, 4) is 11.5 Å². The van der Waals surface area contributed by atoms with Gasteiger partial charge in [-0.15, -0.1) is 0 Å². The zero-order valence-electron chi connectivity index (χ0n) is 12.6. The molecule has 1 N–H and O–H groups in total. The summed E-state index contributed by atoms with van der Waals surface area (Å²) in [5.41, 5.74) is 1.99. The summed E-state index contributed by atoms with van der Waals surface area (Å²) in [7, 11) is 0. The summed E-state index contributed by atoms with van der Waals surface area (Å²) in [6, 6.07) is 4.04. The molecule has 1 aliphatic carbocycles. The number of aromatic hydroxyl groups is 1. The van der Waals surface area contributed by atoms with Crippen molar-refractivity contribution in [2.45, 2.75) is 58.0 Å². The predicted molar refractivity (Wildman–Crippen MR) is 81.4 cm³/mol. The topological polar surface area (TPSA) is 29.5 Å². The lowest BCUT2D eigenvalue weighted by molar-refractivity contribution is 0.0115. The van der Waals surface area contributed by atoms with Gasteiger partial charge in [-0.1, -0.05) is 25.5 Å². The molecule has 3 rings (SSSR count). The number of allylic oxidation sites excluding steroid dienone is 2. The molecule has 0 spiro atoms. The minimum atomic E-state index is -0.167. The maximum absolute atomic E-state index is 10.5. The Labute approximate surface area is 121 Å². The van der Waals surface area contributed by atoms with Crippen LogP contribution in [0.5, 0.6) is 11.5 Å². The van der Waals surface area contributed by atoms with Crippen molar-refractivity contribution in [2.24, 2.45) is 5.92 Å². The van der Waals surface area contributed by atoms with Gasteiger partial charge in [0.2, 0.25) is 0 Å². The zero-order valence-corrected chi connectivity index (χ0v) is 12.6. The molecular formula is C18H24O2. The first-order valence-electron chi connectivity index (χ1n) is 7.74. The summed E-state index contributed by atoms with van der Waals surface area (Å²) in [6.45, 7) is 6.51. The number of hydrogen-bond acceptors (Lipinski definition) is 2. The molecule has 2 atom stereocenters. The Bertz CT molecular complexity index is 543. The van der Waals surface area contributed by atoms with Crippen LogP contribution in [0.1, 0.15) is 57.1 Å². The van der Waals surface area contributed by atoms with Crippen LogP contribution in [-0.2, 0) is 6.42 Å². The van der Waals surface area contributed by atoms with Gasteiger partial charge in [-0.05, 0) is 50.8 Å². The van der Waals surface area contributed by atoms with Crippen molar-refractivity contribution >= 4 is 0 Å². The molecule has 0 radical (unpaired) electrons. The summed E-state index contributed by atoms with van der Waals surface area (Å²) in [5, 5.41) is 10.5. The van der Waals surface area contributed by atoms with E-state index in [1.807, 2.05) is 6.07 Å². The zero-order chi connectivity index (χ0) is 14.3. The van der Waals surface area contributed by atoms with E-state index in [1.165, 1.54) is 0 Å². The van der Waals surface area contributed by atoms with Gasteiger partial charge in [0.1, 0.15) is 17.1 Å². The largest absolute Gasteiger partial charge is 0.507 e. The van der Waals surface area contributed by atoms with Gasteiger partial charge in [0.05, 0.1) is 0 Å². The van der Waals surface area contributed by atoms with Gasteiger partial charge < -0.3 is 9.84 Å². The molecule has 0 saturated heterocycles. The number of rotatable bonds is 2. The third-order valence-corrected chi connectivity index (χ3v) is 4.74. The average Bonchev–Trinajstić information content (AvgIpc) is 2.38. The number of aryl methyl sites for hydroxylation is 1. The summed E-state index contributed by atoms with van der Waals surface area (Å²) < 4.78 is 6.26. The van der Waals surface area contributed by atoms with Gasteiger partial charge in [0, 0.05) is 17.4 Å². The summed E-state index contributed by atoms with van der Waals surface area (Å²) in [6.07, 6.45) is 8.80. The Hall–Kier alpha value is -1.44. The molecule has 20 heavy (non-hydrogen) atoms. The Kier molecular flexibility index (Phi) is 3.27. The molecule has 1 heterocycles. The summed E-state index contributed by atoms with van der Waals surface area (Å²) in [5.74, 6) is 2.02. The van der Waals surface area contributed by atoms with Gasteiger partial charge in [0.25, 0.3) is 0 Å². The quantitative estimate of drug-likeness (QED) is 0.799. The van der Waals surface area contributed by atoms with E-state index in [0.29, 0.717) is 11.7 Å². The van der Waals surface area contributed by atoms with Gasteiger partial charge in [-0.2, -0.15) is 0 Å². The monoisotopic (exact) mass is 272 g/mol. The van der Waals surface area contributed by atoms with Crippen molar-refractivity contribution in [1.82, 2.24) is 0 Å². The maximum Gasteiger partial charge on any atom is 0.127 e. The van der Waals surface area contributed by atoms with E-state index in [4.69, 9.17) is 4.74 Å². The SMILES string of the molecule is CCCc1cc(O)c2c(c1)OC(C)(C)[C@@H]1CCC=C[C@@H]21. The van der Waals surface area contributed by atoms with E-state index in [0.717, 1.165) is 42.6 Å². The number of phenolic OH excluding ortho intramolecular Hbond substituents is 1. The van der Waals surface area contributed by atoms with Gasteiger partial charge in [-0.25, -0.2) is 0 Å². The molecule has 1 aromatic carbocycles. The highest BCUT2D eigenvalue weighted by Gasteiger charge is 2.44. The first-order valence-corrected chi connectivity index (χ1v) is 7.74. The van der Waals surface area contributed by atoms with Crippen molar-refractivity contribution in [3.63, 3.8) is 0 Å². The third kappa shape index (κ3) is 2.11. The van der Waals surface area contributed by atoms with Crippen molar-refractivity contribution in [3.05, 3.63) is 35.4 Å². The molecule has 0 fully saturated rings.